The maximum Gasteiger partial charge on any atom is 0.124 e. The molecule has 0 aromatic rings. The predicted molar refractivity (Wildman–Crippen MR) is 110 cm³/mol. The Bertz CT molecular complexity index is 654. The first-order valence-corrected chi connectivity index (χ1v) is 10.8. The van der Waals surface area contributed by atoms with Crippen LogP contribution in [0.5, 0.6) is 0 Å². The molecule has 0 aromatic heterocycles. The zero-order valence-corrected chi connectivity index (χ0v) is 16.6. The quantitative estimate of drug-likeness (QED) is 0.448. The molecule has 0 aromatic carbocycles. The molecule has 5 N–H and O–H groups in total. The van der Waals surface area contributed by atoms with Gasteiger partial charge in [-0.25, -0.2) is 4.39 Å². The highest BCUT2D eigenvalue weighted by atomic mass is 19.1. The van der Waals surface area contributed by atoms with E-state index in [1.54, 1.807) is 0 Å². The largest absolute Gasteiger partial charge is 0.377 e. The van der Waals surface area contributed by atoms with Gasteiger partial charge in [0.25, 0.3) is 0 Å². The maximum absolute atomic E-state index is 16.0. The summed E-state index contributed by atoms with van der Waals surface area (Å²) in [6.45, 7) is 0.431. The zero-order chi connectivity index (χ0) is 22.7. The summed E-state index contributed by atoms with van der Waals surface area (Å²) in [5, 5.41) is 16.5. The fraction of sp³-hybridized carbons (Fsp3) is 0.905. The first-order chi connectivity index (χ1) is 15.3. The van der Waals surface area contributed by atoms with Gasteiger partial charge in [-0.3, -0.25) is 16.0 Å². The normalized spacial score (nSPS) is 47.1. The fourth-order valence-electron chi connectivity index (χ4n) is 5.38. The zero-order valence-electron chi connectivity index (χ0n) is 20.6. The Hall–Kier alpha value is -0.570. The monoisotopic (exact) mass is 399 g/mol. The number of ether oxygens (including phenoxy) is 1. The Morgan fingerprint density at radius 1 is 1.36 bits per heavy atom. The van der Waals surface area contributed by atoms with Crippen LogP contribution in [0.1, 0.15) is 51.3 Å². The molecule has 0 spiro atoms. The lowest BCUT2D eigenvalue weighted by atomic mass is 9.71. The van der Waals surface area contributed by atoms with Crippen LogP contribution in [-0.4, -0.2) is 63.1 Å². The van der Waals surface area contributed by atoms with E-state index in [1.165, 1.54) is 5.57 Å². The van der Waals surface area contributed by atoms with E-state index in [-0.39, 0.29) is 50.0 Å². The highest BCUT2D eigenvalue weighted by Crippen LogP contribution is 2.44. The van der Waals surface area contributed by atoms with Gasteiger partial charge in [0.1, 0.15) is 12.5 Å². The average molecular weight is 400 g/mol. The summed E-state index contributed by atoms with van der Waals surface area (Å²) < 4.78 is 52.2. The van der Waals surface area contributed by atoms with Gasteiger partial charge in [0.2, 0.25) is 0 Å². The van der Waals surface area contributed by atoms with E-state index in [0.717, 1.165) is 32.4 Å². The van der Waals surface area contributed by atoms with Crippen molar-refractivity contribution in [2.45, 2.75) is 82.7 Å². The number of hydrogen-bond acceptors (Lipinski definition) is 6. The van der Waals surface area contributed by atoms with Crippen molar-refractivity contribution in [3.8, 4) is 0 Å². The molecule has 4 aliphatic rings. The van der Waals surface area contributed by atoms with Crippen LogP contribution in [0.4, 0.5) is 4.39 Å². The van der Waals surface area contributed by atoms with Crippen LogP contribution >= 0.6 is 0 Å². The van der Waals surface area contributed by atoms with Gasteiger partial charge in [-0.1, -0.05) is 18.5 Å². The summed E-state index contributed by atoms with van der Waals surface area (Å²) in [4.78, 5) is 0. The van der Waals surface area contributed by atoms with Crippen molar-refractivity contribution in [3.05, 3.63) is 11.6 Å². The Kier molecular flexibility index (Phi) is 5.48. The van der Waals surface area contributed by atoms with Crippen LogP contribution in [-0.2, 0) is 4.74 Å². The number of rotatable bonds is 5. The molecule has 3 heterocycles. The van der Waals surface area contributed by atoms with Crippen LogP contribution in [0, 0.1) is 11.8 Å². The maximum atomic E-state index is 16.0. The number of alkyl halides is 1. The van der Waals surface area contributed by atoms with E-state index in [4.69, 9.17) is 10.2 Å². The molecule has 3 fully saturated rings. The van der Waals surface area contributed by atoms with Crippen LogP contribution in [0.15, 0.2) is 11.6 Å². The lowest BCUT2D eigenvalue weighted by Gasteiger charge is -2.45. The summed E-state index contributed by atoms with van der Waals surface area (Å²) in [6, 6.07) is -0.434. The highest BCUT2D eigenvalue weighted by molar-refractivity contribution is 5.18. The van der Waals surface area contributed by atoms with E-state index in [1.807, 2.05) is 0 Å². The van der Waals surface area contributed by atoms with Crippen molar-refractivity contribution in [2.24, 2.45) is 11.8 Å². The van der Waals surface area contributed by atoms with E-state index in [9.17, 15) is 0 Å². The molecule has 6 nitrogen and oxygen atoms in total. The number of fused-ring (bicyclic) bond motifs is 1. The van der Waals surface area contributed by atoms with Crippen molar-refractivity contribution in [3.63, 3.8) is 0 Å². The van der Waals surface area contributed by atoms with Crippen molar-refractivity contribution in [1.29, 1.82) is 0 Å². The van der Waals surface area contributed by atoms with Gasteiger partial charge >= 0.3 is 0 Å². The molecule has 7 heteroatoms. The summed E-state index contributed by atoms with van der Waals surface area (Å²) >= 11 is 0. The molecule has 0 amide bonds. The summed E-state index contributed by atoms with van der Waals surface area (Å²) in [5.41, 5.74) is 1.18. The van der Waals surface area contributed by atoms with Crippen LogP contribution in [0.3, 0.4) is 0 Å². The first-order valence-electron chi connectivity index (χ1n) is 13.0. The lowest BCUT2D eigenvalue weighted by Crippen LogP contribution is -2.69. The van der Waals surface area contributed by atoms with E-state index >= 15 is 4.39 Å². The molecule has 2 saturated heterocycles. The standard InChI is InChI=1S/C21H38FN5O/c1-3-24-17-11-13(2)25-21(27-17)26-16-12-15-7-10-28-20(15)18(19(16)22)14-5-4-8-23-9-6-14/h6,13,15-21,23-27H,3-5,7-12H2,1-2H3/i1D3,2D. The third kappa shape index (κ3) is 4.60. The van der Waals surface area contributed by atoms with Crippen LogP contribution in [0.25, 0.3) is 0 Å². The van der Waals surface area contributed by atoms with Crippen molar-refractivity contribution < 1.29 is 14.6 Å². The lowest BCUT2D eigenvalue weighted by molar-refractivity contribution is -0.0262. The summed E-state index contributed by atoms with van der Waals surface area (Å²) in [6.07, 6.45) is 4.60. The molecule has 0 bridgehead atoms. The molecule has 160 valence electrons. The molecule has 1 saturated carbocycles. The molecule has 1 aliphatic carbocycles. The Labute approximate surface area is 174 Å². The Morgan fingerprint density at radius 2 is 2.32 bits per heavy atom. The summed E-state index contributed by atoms with van der Waals surface area (Å²) in [7, 11) is 0. The van der Waals surface area contributed by atoms with Crippen LogP contribution < -0.4 is 26.6 Å². The van der Waals surface area contributed by atoms with Crippen LogP contribution in [0.2, 0.25) is 0 Å². The van der Waals surface area contributed by atoms with Crippen molar-refractivity contribution in [2.75, 3.05) is 26.2 Å². The van der Waals surface area contributed by atoms with Gasteiger partial charge in [0.05, 0.1) is 12.3 Å². The Balaban J connectivity index is 1.44. The average Bonchev–Trinajstić information content (AvgIpc) is 3.04. The van der Waals surface area contributed by atoms with Gasteiger partial charge in [-0.15, -0.1) is 0 Å². The second-order valence-corrected chi connectivity index (χ2v) is 8.58. The molecule has 28 heavy (non-hydrogen) atoms. The molecule has 0 radical (unpaired) electrons. The predicted octanol–water partition coefficient (Wildman–Crippen LogP) is 1.21. The molecule has 3 aliphatic heterocycles. The van der Waals surface area contributed by atoms with Gasteiger partial charge in [0.15, 0.2) is 0 Å². The van der Waals surface area contributed by atoms with E-state index < -0.39 is 13.0 Å². The molecule has 4 rings (SSSR count). The molecule has 8 atom stereocenters. The fourth-order valence-corrected chi connectivity index (χ4v) is 5.38. The minimum absolute atomic E-state index is 0.0469. The molecule has 8 unspecified atom stereocenters. The first kappa shape index (κ1) is 16.2. The second kappa shape index (κ2) is 9.49. The molecular formula is C21H38FN5O. The third-order valence-corrected chi connectivity index (χ3v) is 6.68. The smallest absolute Gasteiger partial charge is 0.124 e. The Morgan fingerprint density at radius 3 is 3.21 bits per heavy atom. The van der Waals surface area contributed by atoms with Gasteiger partial charge in [0, 0.05) is 36.6 Å². The van der Waals surface area contributed by atoms with Gasteiger partial charge in [-0.05, 0) is 58.0 Å². The highest BCUT2D eigenvalue weighted by Gasteiger charge is 2.49. The van der Waals surface area contributed by atoms with Crippen molar-refractivity contribution in [1.82, 2.24) is 26.6 Å². The van der Waals surface area contributed by atoms with Crippen molar-refractivity contribution >= 4 is 0 Å². The van der Waals surface area contributed by atoms with Gasteiger partial charge in [-0.2, -0.15) is 0 Å². The number of hydrogen-bond donors (Lipinski definition) is 5. The van der Waals surface area contributed by atoms with Gasteiger partial charge < -0.3 is 15.4 Å². The molecular weight excluding hydrogens is 357 g/mol. The number of nitrogens with one attached hydrogen (secondary N) is 5. The minimum Gasteiger partial charge on any atom is -0.377 e. The minimum atomic E-state index is -2.06. The second-order valence-electron chi connectivity index (χ2n) is 8.58. The third-order valence-electron chi connectivity index (χ3n) is 6.68. The van der Waals surface area contributed by atoms with E-state index in [2.05, 4.69) is 32.7 Å². The van der Waals surface area contributed by atoms with E-state index in [0.29, 0.717) is 25.4 Å². The topological polar surface area (TPSA) is 69.4 Å². The number of halogens is 1. The SMILES string of the molecule is [2H]CC1CC(NCC([2H])([2H])[2H])NC(NC2CC3CCOC3C(C3=CCNCCC3)C2F)N1. The summed E-state index contributed by atoms with van der Waals surface area (Å²) in [5.74, 6) is 0.107.